The third-order valence-corrected chi connectivity index (χ3v) is 8.02. The first-order valence-electron chi connectivity index (χ1n) is 13.9. The topological polar surface area (TPSA) is 96.7 Å². The maximum absolute atomic E-state index is 13.6. The van der Waals surface area contributed by atoms with Crippen LogP contribution in [-0.4, -0.2) is 49.1 Å². The summed E-state index contributed by atoms with van der Waals surface area (Å²) >= 11 is 0. The number of benzene rings is 2. The van der Waals surface area contributed by atoms with Crippen LogP contribution in [0.4, 0.5) is 11.4 Å². The van der Waals surface area contributed by atoms with E-state index in [2.05, 4.69) is 33.6 Å². The number of amides is 2. The van der Waals surface area contributed by atoms with Crippen LogP contribution in [0.3, 0.4) is 0 Å². The SMILES string of the molecule is C#CC1=CC=C(NC(=O)C2CN(C3CCOCC3)CC2c2ccc(/C=C/C(=O)Nc3ccccc3N)cc2)CC1. The predicted octanol–water partition coefficient (Wildman–Crippen LogP) is 4.47. The Morgan fingerprint density at radius 3 is 2.48 bits per heavy atom. The molecule has 2 fully saturated rings. The quantitative estimate of drug-likeness (QED) is 0.276. The van der Waals surface area contributed by atoms with Gasteiger partial charge in [-0.2, -0.15) is 0 Å². The van der Waals surface area contributed by atoms with Gasteiger partial charge in [0, 0.05) is 55.6 Å². The number of hydrogen-bond acceptors (Lipinski definition) is 5. The van der Waals surface area contributed by atoms with E-state index < -0.39 is 0 Å². The number of anilines is 2. The molecule has 2 aliphatic heterocycles. The smallest absolute Gasteiger partial charge is 0.248 e. The summed E-state index contributed by atoms with van der Waals surface area (Å²) in [7, 11) is 0. The second kappa shape index (κ2) is 12.8. The number of hydrogen-bond donors (Lipinski definition) is 3. The maximum Gasteiger partial charge on any atom is 0.248 e. The highest BCUT2D eigenvalue weighted by atomic mass is 16.5. The summed E-state index contributed by atoms with van der Waals surface area (Å²) in [4.78, 5) is 28.4. The third kappa shape index (κ3) is 6.71. The number of nitrogens with zero attached hydrogens (tertiary/aromatic N) is 1. The number of likely N-dealkylation sites (tertiary alicyclic amines) is 1. The molecule has 2 atom stereocenters. The summed E-state index contributed by atoms with van der Waals surface area (Å²) in [5.74, 6) is 2.42. The Morgan fingerprint density at radius 2 is 1.77 bits per heavy atom. The van der Waals surface area contributed by atoms with E-state index in [1.165, 1.54) is 6.08 Å². The van der Waals surface area contributed by atoms with Gasteiger partial charge in [0.25, 0.3) is 0 Å². The van der Waals surface area contributed by atoms with E-state index >= 15 is 0 Å². The summed E-state index contributed by atoms with van der Waals surface area (Å²) in [6.45, 7) is 3.10. The molecule has 2 aromatic rings. The molecule has 2 unspecified atom stereocenters. The molecule has 3 aliphatic rings. The van der Waals surface area contributed by atoms with Crippen molar-refractivity contribution in [1.82, 2.24) is 10.2 Å². The van der Waals surface area contributed by atoms with Gasteiger partial charge in [-0.1, -0.05) is 42.3 Å². The highest BCUT2D eigenvalue weighted by Crippen LogP contribution is 2.36. The third-order valence-electron chi connectivity index (χ3n) is 8.02. The fraction of sp³-hybridized carbons (Fsp3) is 0.333. The van der Waals surface area contributed by atoms with Gasteiger partial charge < -0.3 is 21.1 Å². The lowest BCUT2D eigenvalue weighted by Crippen LogP contribution is -2.39. The van der Waals surface area contributed by atoms with Gasteiger partial charge in [-0.15, -0.1) is 6.42 Å². The number of para-hydroxylation sites is 2. The summed E-state index contributed by atoms with van der Waals surface area (Å²) in [5, 5.41) is 5.99. The zero-order valence-corrected chi connectivity index (χ0v) is 22.6. The van der Waals surface area contributed by atoms with Crippen molar-refractivity contribution < 1.29 is 14.3 Å². The van der Waals surface area contributed by atoms with Crippen LogP contribution in [0.1, 0.15) is 42.7 Å². The number of carbonyl (C=O) groups excluding carboxylic acids is 2. The molecule has 1 aliphatic carbocycles. The predicted molar refractivity (Wildman–Crippen MR) is 159 cm³/mol. The van der Waals surface area contributed by atoms with Gasteiger partial charge in [-0.05, 0) is 67.2 Å². The largest absolute Gasteiger partial charge is 0.397 e. The van der Waals surface area contributed by atoms with Gasteiger partial charge in [0.2, 0.25) is 11.8 Å². The van der Waals surface area contributed by atoms with Gasteiger partial charge in [0.1, 0.15) is 0 Å². The minimum atomic E-state index is -0.247. The van der Waals surface area contributed by atoms with Crippen molar-refractivity contribution in [2.75, 3.05) is 37.4 Å². The molecule has 4 N–H and O–H groups in total. The first kappa shape index (κ1) is 27.4. The number of nitrogens with two attached hydrogens (primary N) is 1. The van der Waals surface area contributed by atoms with E-state index in [1.807, 2.05) is 36.4 Å². The Morgan fingerprint density at radius 1 is 1.00 bits per heavy atom. The lowest BCUT2D eigenvalue weighted by molar-refractivity contribution is -0.124. The Kier molecular flexibility index (Phi) is 8.80. The van der Waals surface area contributed by atoms with Crippen LogP contribution in [-0.2, 0) is 14.3 Å². The molecule has 7 nitrogen and oxygen atoms in total. The van der Waals surface area contributed by atoms with Gasteiger partial charge in [0.15, 0.2) is 0 Å². The summed E-state index contributed by atoms with van der Waals surface area (Å²) in [5.41, 5.74) is 10.9. The van der Waals surface area contributed by atoms with E-state index in [0.717, 1.165) is 74.4 Å². The lowest BCUT2D eigenvalue weighted by atomic mass is 9.87. The molecule has 2 saturated heterocycles. The standard InChI is InChI=1S/C33H36N4O3/c1-2-23-9-14-26(15-10-23)35-33(39)29-22-37(27-17-19-40-20-18-27)21-28(29)25-12-7-24(8-13-25)11-16-32(38)36-31-6-4-3-5-30(31)34/h1,3-9,11-14,16,27-29H,10,15,17-22,34H2,(H,35,39)(H,36,38)/b16-11+. The zero-order chi connectivity index (χ0) is 27.9. The number of nitrogen functional groups attached to an aromatic ring is 1. The maximum atomic E-state index is 13.6. The summed E-state index contributed by atoms with van der Waals surface area (Å²) in [6.07, 6.45) is 16.1. The molecule has 0 saturated carbocycles. The van der Waals surface area contributed by atoms with E-state index in [1.54, 1.807) is 18.2 Å². The summed E-state index contributed by atoms with van der Waals surface area (Å²) in [6, 6.07) is 15.7. The normalized spacial score (nSPS) is 21.9. The molecule has 2 amide bonds. The van der Waals surface area contributed by atoms with Crippen LogP contribution in [0.25, 0.3) is 6.08 Å². The molecule has 0 bridgehead atoms. The molecule has 0 radical (unpaired) electrons. The average Bonchev–Trinajstić information content (AvgIpc) is 3.44. The molecule has 7 heteroatoms. The van der Waals surface area contributed by atoms with Gasteiger partial charge in [-0.3, -0.25) is 14.5 Å². The monoisotopic (exact) mass is 536 g/mol. The number of terminal acetylenes is 1. The molecular formula is C33H36N4O3. The molecular weight excluding hydrogens is 500 g/mol. The van der Waals surface area contributed by atoms with Crippen LogP contribution in [0, 0.1) is 18.3 Å². The fourth-order valence-corrected chi connectivity index (χ4v) is 5.71. The number of carbonyl (C=O) groups is 2. The molecule has 0 aromatic heterocycles. The van der Waals surface area contributed by atoms with Crippen molar-refractivity contribution in [3.05, 3.63) is 89.2 Å². The molecule has 2 aromatic carbocycles. The Balaban J connectivity index is 1.28. The second-order valence-corrected chi connectivity index (χ2v) is 10.6. The van der Waals surface area contributed by atoms with Crippen molar-refractivity contribution in [1.29, 1.82) is 0 Å². The van der Waals surface area contributed by atoms with Crippen LogP contribution in [0.2, 0.25) is 0 Å². The van der Waals surface area contributed by atoms with E-state index in [0.29, 0.717) is 17.4 Å². The molecule has 5 rings (SSSR count). The van der Waals surface area contributed by atoms with Gasteiger partial charge in [0.05, 0.1) is 17.3 Å². The Labute approximate surface area is 236 Å². The highest BCUT2D eigenvalue weighted by molar-refractivity contribution is 6.03. The van der Waals surface area contributed by atoms with Crippen molar-refractivity contribution in [3.63, 3.8) is 0 Å². The Bertz CT molecular complexity index is 1360. The first-order valence-corrected chi connectivity index (χ1v) is 13.9. The van der Waals surface area contributed by atoms with Gasteiger partial charge >= 0.3 is 0 Å². The average molecular weight is 537 g/mol. The van der Waals surface area contributed by atoms with Crippen LogP contribution >= 0.6 is 0 Å². The number of rotatable bonds is 7. The van der Waals surface area contributed by atoms with E-state index in [-0.39, 0.29) is 23.7 Å². The summed E-state index contributed by atoms with van der Waals surface area (Å²) < 4.78 is 5.58. The first-order chi connectivity index (χ1) is 19.5. The minimum Gasteiger partial charge on any atom is -0.397 e. The molecule has 2 heterocycles. The minimum absolute atomic E-state index is 0.0594. The van der Waals surface area contributed by atoms with Crippen molar-refractivity contribution >= 4 is 29.3 Å². The van der Waals surface area contributed by atoms with Crippen molar-refractivity contribution in [2.45, 2.75) is 37.6 Å². The van der Waals surface area contributed by atoms with Crippen molar-refractivity contribution in [2.24, 2.45) is 5.92 Å². The molecule has 0 spiro atoms. The zero-order valence-electron chi connectivity index (χ0n) is 22.6. The van der Waals surface area contributed by atoms with Crippen LogP contribution < -0.4 is 16.4 Å². The lowest BCUT2D eigenvalue weighted by Gasteiger charge is -2.31. The van der Waals surface area contributed by atoms with Crippen molar-refractivity contribution in [3.8, 4) is 12.3 Å². The Hall–Kier alpha value is -4.12. The highest BCUT2D eigenvalue weighted by Gasteiger charge is 2.41. The number of allylic oxidation sites excluding steroid dienone is 4. The second-order valence-electron chi connectivity index (χ2n) is 10.6. The van der Waals surface area contributed by atoms with E-state index in [9.17, 15) is 9.59 Å². The van der Waals surface area contributed by atoms with Crippen LogP contribution in [0.15, 0.2) is 78.0 Å². The molecule has 206 valence electrons. The number of nitrogens with one attached hydrogen (secondary N) is 2. The molecule has 40 heavy (non-hydrogen) atoms. The van der Waals surface area contributed by atoms with Crippen LogP contribution in [0.5, 0.6) is 0 Å². The fourth-order valence-electron chi connectivity index (χ4n) is 5.71. The number of ether oxygens (including phenoxy) is 1. The van der Waals surface area contributed by atoms with Gasteiger partial charge in [-0.25, -0.2) is 0 Å². The van der Waals surface area contributed by atoms with E-state index in [4.69, 9.17) is 16.9 Å².